The number of imidazole rings is 1. The van der Waals surface area contributed by atoms with Gasteiger partial charge < -0.3 is 15.2 Å². The smallest absolute Gasteiger partial charge is 0.271 e. The van der Waals surface area contributed by atoms with Gasteiger partial charge in [0.05, 0.1) is 18.5 Å². The van der Waals surface area contributed by atoms with E-state index in [4.69, 9.17) is 22.0 Å². The van der Waals surface area contributed by atoms with Gasteiger partial charge in [-0.2, -0.15) is 5.21 Å². The molecule has 4 aromatic rings. The lowest BCUT2D eigenvalue weighted by Crippen LogP contribution is -2.38. The molecule has 0 radical (unpaired) electrons. The third-order valence-electron chi connectivity index (χ3n) is 6.60. The van der Waals surface area contributed by atoms with E-state index in [0.29, 0.717) is 44.0 Å². The van der Waals surface area contributed by atoms with Crippen LogP contribution in [0.5, 0.6) is 0 Å². The number of rotatable bonds is 16. The van der Waals surface area contributed by atoms with Crippen molar-refractivity contribution >= 4 is 23.4 Å². The highest BCUT2D eigenvalue weighted by atomic mass is 35.5. The average molecular weight is 612 g/mol. The van der Waals surface area contributed by atoms with Crippen molar-refractivity contribution in [2.45, 2.75) is 45.6 Å². The minimum absolute atomic E-state index is 0.0801. The SMILES string of the molecule is CCCCc1nc(Cl)c(C(=O)NCC(=O)NCCCCON(O)O)n1Cc1ccc(-c2ccccc2-c2nn[nH]n2)cc1. The molecule has 0 atom stereocenters. The van der Waals surface area contributed by atoms with Crippen molar-refractivity contribution in [3.05, 3.63) is 70.8 Å². The second-order valence-corrected chi connectivity index (χ2v) is 10.0. The lowest BCUT2D eigenvalue weighted by molar-refractivity contribution is -0.492. The summed E-state index contributed by atoms with van der Waals surface area (Å²) in [4.78, 5) is 34.4. The fraction of sp³-hybridized carbons (Fsp3) is 0.357. The highest BCUT2D eigenvalue weighted by molar-refractivity contribution is 6.32. The number of unbranched alkanes of at least 4 members (excludes halogenated alkanes) is 2. The number of H-pyrrole nitrogens is 1. The quantitative estimate of drug-likeness (QED) is 0.0929. The maximum absolute atomic E-state index is 13.2. The molecule has 14 nitrogen and oxygen atoms in total. The molecule has 0 aliphatic carbocycles. The van der Waals surface area contributed by atoms with Gasteiger partial charge in [0.2, 0.25) is 11.7 Å². The maximum Gasteiger partial charge on any atom is 0.271 e. The van der Waals surface area contributed by atoms with Crippen LogP contribution in [0.1, 0.15) is 54.5 Å². The first-order chi connectivity index (χ1) is 20.9. The largest absolute Gasteiger partial charge is 0.355 e. The van der Waals surface area contributed by atoms with Gasteiger partial charge >= 0.3 is 0 Å². The van der Waals surface area contributed by atoms with Gasteiger partial charge in [0, 0.05) is 25.1 Å². The Kier molecular flexibility index (Phi) is 11.7. The minimum Gasteiger partial charge on any atom is -0.355 e. The number of hydrogen-bond acceptors (Lipinski definition) is 10. The van der Waals surface area contributed by atoms with Gasteiger partial charge in [-0.25, -0.2) is 4.98 Å². The zero-order chi connectivity index (χ0) is 30.6. The summed E-state index contributed by atoms with van der Waals surface area (Å²) in [5.41, 5.74) is 3.91. The van der Waals surface area contributed by atoms with E-state index in [1.807, 2.05) is 48.5 Å². The van der Waals surface area contributed by atoms with E-state index in [9.17, 15) is 9.59 Å². The van der Waals surface area contributed by atoms with Crippen LogP contribution >= 0.6 is 11.6 Å². The van der Waals surface area contributed by atoms with E-state index in [-0.39, 0.29) is 35.3 Å². The zero-order valence-corrected chi connectivity index (χ0v) is 24.4. The molecule has 0 aliphatic rings. The molecular weight excluding hydrogens is 578 g/mol. The standard InChI is InChI=1S/C28H34ClN9O5/c1-2-3-10-23-32-26(29)25(28(40)31-17-24(39)30-15-6-7-16-43-38(41)42)37(23)18-19-11-13-20(14-12-19)21-8-4-5-9-22(21)27-33-35-36-34-27/h4-5,8-9,11-14,41-42H,2-3,6-7,10,15-18H2,1H3,(H,30,39)(H,31,40)(H,33,34,35,36). The Labute approximate surface area is 252 Å². The van der Waals surface area contributed by atoms with E-state index in [0.717, 1.165) is 35.1 Å². The highest BCUT2D eigenvalue weighted by Gasteiger charge is 2.23. The van der Waals surface area contributed by atoms with Crippen LogP contribution in [0.15, 0.2) is 48.5 Å². The van der Waals surface area contributed by atoms with Crippen molar-refractivity contribution in [2.24, 2.45) is 0 Å². The molecule has 2 aromatic carbocycles. The minimum atomic E-state index is -0.500. The van der Waals surface area contributed by atoms with E-state index in [1.54, 1.807) is 4.57 Å². The van der Waals surface area contributed by atoms with Gasteiger partial charge in [0.25, 0.3) is 5.91 Å². The summed E-state index contributed by atoms with van der Waals surface area (Å²) < 4.78 is 1.80. The van der Waals surface area contributed by atoms with Gasteiger partial charge in [-0.05, 0) is 41.2 Å². The van der Waals surface area contributed by atoms with Crippen LogP contribution in [0, 0.1) is 0 Å². The molecule has 0 spiro atoms. The Morgan fingerprint density at radius 2 is 1.81 bits per heavy atom. The monoisotopic (exact) mass is 611 g/mol. The van der Waals surface area contributed by atoms with Gasteiger partial charge in [-0.3, -0.25) is 24.8 Å². The van der Waals surface area contributed by atoms with Crippen molar-refractivity contribution < 1.29 is 24.8 Å². The lowest BCUT2D eigenvalue weighted by Gasteiger charge is -2.14. The van der Waals surface area contributed by atoms with Crippen LogP contribution in [0.25, 0.3) is 22.5 Å². The number of nitrogens with zero attached hydrogens (tertiary/aromatic N) is 6. The van der Waals surface area contributed by atoms with Crippen molar-refractivity contribution in [1.82, 2.24) is 46.2 Å². The Balaban J connectivity index is 1.44. The van der Waals surface area contributed by atoms with Gasteiger partial charge in [-0.1, -0.05) is 73.5 Å². The number of carbonyl (C=O) groups excluding carboxylic acids is 2. The van der Waals surface area contributed by atoms with E-state index in [1.165, 1.54) is 0 Å². The topological polar surface area (TPSA) is 183 Å². The molecule has 15 heteroatoms. The molecule has 43 heavy (non-hydrogen) atoms. The highest BCUT2D eigenvalue weighted by Crippen LogP contribution is 2.30. The number of aryl methyl sites for hydroxylation is 1. The number of carbonyl (C=O) groups is 2. The summed E-state index contributed by atoms with van der Waals surface area (Å²) in [7, 11) is 0. The van der Waals surface area contributed by atoms with E-state index >= 15 is 0 Å². The second-order valence-electron chi connectivity index (χ2n) is 9.66. The number of amides is 2. The van der Waals surface area contributed by atoms with E-state index < -0.39 is 5.91 Å². The molecule has 0 bridgehead atoms. The first kappa shape index (κ1) is 31.7. The van der Waals surface area contributed by atoms with Crippen molar-refractivity contribution in [3.8, 4) is 22.5 Å². The number of aromatic amines is 1. The molecule has 2 heterocycles. The number of hydrogen-bond donors (Lipinski definition) is 5. The predicted octanol–water partition coefficient (Wildman–Crippen LogP) is 3.41. The zero-order valence-electron chi connectivity index (χ0n) is 23.7. The van der Waals surface area contributed by atoms with Crippen LogP contribution in [0.4, 0.5) is 0 Å². The Bertz CT molecular complexity index is 1480. The fourth-order valence-electron chi connectivity index (χ4n) is 4.47. The van der Waals surface area contributed by atoms with Crippen molar-refractivity contribution in [3.63, 3.8) is 0 Å². The molecule has 0 saturated heterocycles. The van der Waals surface area contributed by atoms with Crippen LogP contribution in [0.2, 0.25) is 5.15 Å². The van der Waals surface area contributed by atoms with Crippen molar-refractivity contribution in [1.29, 1.82) is 0 Å². The molecule has 4 rings (SSSR count). The first-order valence-electron chi connectivity index (χ1n) is 13.9. The molecule has 2 amide bonds. The average Bonchev–Trinajstić information content (AvgIpc) is 3.65. The summed E-state index contributed by atoms with van der Waals surface area (Å²) in [5.74, 6) is 0.328. The van der Waals surface area contributed by atoms with Crippen molar-refractivity contribution in [2.75, 3.05) is 19.7 Å². The normalized spacial score (nSPS) is 11.2. The van der Waals surface area contributed by atoms with Gasteiger partial charge in [0.1, 0.15) is 11.5 Å². The van der Waals surface area contributed by atoms with E-state index in [2.05, 4.69) is 48.0 Å². The lowest BCUT2D eigenvalue weighted by atomic mass is 9.98. The number of nitrogens with one attached hydrogen (secondary N) is 3. The number of aromatic nitrogens is 6. The van der Waals surface area contributed by atoms with Crippen LogP contribution in [-0.2, 0) is 22.6 Å². The predicted molar refractivity (Wildman–Crippen MR) is 156 cm³/mol. The molecule has 5 N–H and O–H groups in total. The molecule has 0 aliphatic heterocycles. The molecule has 228 valence electrons. The third kappa shape index (κ3) is 8.89. The summed E-state index contributed by atoms with van der Waals surface area (Å²) in [6.45, 7) is 2.62. The Morgan fingerprint density at radius 1 is 1.05 bits per heavy atom. The maximum atomic E-state index is 13.2. The summed E-state index contributed by atoms with van der Waals surface area (Å²) in [6.07, 6.45) is 3.52. The Morgan fingerprint density at radius 3 is 2.51 bits per heavy atom. The first-order valence-corrected chi connectivity index (χ1v) is 14.3. The summed E-state index contributed by atoms with van der Waals surface area (Å²) >= 11 is 6.47. The molecular formula is C28H34ClN9O5. The Hall–Kier alpha value is -4.21. The molecule has 2 aromatic heterocycles. The fourth-order valence-corrected chi connectivity index (χ4v) is 4.75. The van der Waals surface area contributed by atoms with Gasteiger partial charge in [-0.15, -0.1) is 10.2 Å². The van der Waals surface area contributed by atoms with Crippen LogP contribution in [0.3, 0.4) is 0 Å². The summed E-state index contributed by atoms with van der Waals surface area (Å²) in [6, 6.07) is 15.8. The molecule has 0 saturated carbocycles. The summed E-state index contributed by atoms with van der Waals surface area (Å²) in [5, 5.41) is 36.5. The number of benzene rings is 2. The third-order valence-corrected chi connectivity index (χ3v) is 6.87. The number of tetrazole rings is 1. The second kappa shape index (κ2) is 15.9. The van der Waals surface area contributed by atoms with Crippen LogP contribution in [-0.4, -0.2) is 77.5 Å². The van der Waals surface area contributed by atoms with Gasteiger partial charge in [0.15, 0.2) is 5.15 Å². The number of halogens is 1. The van der Waals surface area contributed by atoms with Crippen LogP contribution < -0.4 is 10.6 Å². The molecule has 0 fully saturated rings. The molecule has 0 unspecified atom stereocenters.